The number of hydrogen-bond acceptors (Lipinski definition) is 4. The Bertz CT molecular complexity index is 333. The minimum atomic E-state index is -0.0539. The topological polar surface area (TPSA) is 64.9 Å². The van der Waals surface area contributed by atoms with E-state index < -0.39 is 0 Å². The summed E-state index contributed by atoms with van der Waals surface area (Å²) in [7, 11) is 0. The molecule has 0 bridgehead atoms. The van der Waals surface area contributed by atoms with Crippen molar-refractivity contribution >= 4 is 0 Å². The maximum Gasteiger partial charge on any atom is 0.228 e. The second kappa shape index (κ2) is 2.79. The Morgan fingerprint density at radius 1 is 1.43 bits per heavy atom. The lowest BCUT2D eigenvalue weighted by Gasteiger charge is -2.11. The van der Waals surface area contributed by atoms with Crippen LogP contribution in [-0.2, 0) is 11.8 Å². The van der Waals surface area contributed by atoms with Crippen LogP contribution in [-0.4, -0.2) is 15.7 Å². The number of hydrogen-bond donors (Lipinski definition) is 1. The molecule has 1 saturated carbocycles. The van der Waals surface area contributed by atoms with E-state index >= 15 is 0 Å². The van der Waals surface area contributed by atoms with Crippen molar-refractivity contribution in [3.8, 4) is 0 Å². The van der Waals surface area contributed by atoms with Gasteiger partial charge in [0, 0.05) is 17.4 Å². The van der Waals surface area contributed by atoms with E-state index in [4.69, 9.17) is 10.3 Å². The number of nitrogens with zero attached hydrogens (tertiary/aromatic N) is 2. The Hall–Kier alpha value is -0.900. The van der Waals surface area contributed by atoms with Crippen molar-refractivity contribution in [3.05, 3.63) is 11.7 Å². The van der Waals surface area contributed by atoms with E-state index in [2.05, 4.69) is 30.9 Å². The van der Waals surface area contributed by atoms with E-state index in [-0.39, 0.29) is 11.0 Å². The summed E-state index contributed by atoms with van der Waals surface area (Å²) in [4.78, 5) is 4.35. The molecule has 0 unspecified atom stereocenters. The summed E-state index contributed by atoms with van der Waals surface area (Å²) in [5, 5.41) is 3.96. The molecule has 2 rings (SSSR count). The monoisotopic (exact) mass is 195 g/mol. The highest BCUT2D eigenvalue weighted by atomic mass is 16.5. The van der Waals surface area contributed by atoms with Gasteiger partial charge in [0.25, 0.3) is 0 Å². The molecular weight excluding hydrogens is 178 g/mol. The summed E-state index contributed by atoms with van der Waals surface area (Å²) < 4.78 is 5.17. The largest absolute Gasteiger partial charge is 0.339 e. The fraction of sp³-hybridized carbons (Fsp3) is 0.800. The number of aromatic nitrogens is 2. The second-order valence-electron chi connectivity index (χ2n) is 5.30. The molecule has 0 aromatic carbocycles. The van der Waals surface area contributed by atoms with E-state index in [0.717, 1.165) is 25.1 Å². The van der Waals surface area contributed by atoms with Crippen molar-refractivity contribution in [2.45, 2.75) is 51.0 Å². The van der Waals surface area contributed by atoms with Crippen LogP contribution in [0.4, 0.5) is 0 Å². The maximum atomic E-state index is 5.97. The summed E-state index contributed by atoms with van der Waals surface area (Å²) >= 11 is 0. The van der Waals surface area contributed by atoms with Crippen LogP contribution in [0.15, 0.2) is 4.52 Å². The van der Waals surface area contributed by atoms with E-state index in [0.29, 0.717) is 5.89 Å². The van der Waals surface area contributed by atoms with Gasteiger partial charge in [0.15, 0.2) is 5.82 Å². The smallest absolute Gasteiger partial charge is 0.228 e. The first-order valence-corrected chi connectivity index (χ1v) is 5.01. The molecule has 0 amide bonds. The third-order valence-corrected chi connectivity index (χ3v) is 2.53. The molecule has 0 saturated heterocycles. The lowest BCUT2D eigenvalue weighted by Crippen LogP contribution is -2.24. The molecule has 0 spiro atoms. The third-order valence-electron chi connectivity index (χ3n) is 2.53. The average Bonchev–Trinajstić information content (AvgIpc) is 2.61. The van der Waals surface area contributed by atoms with Crippen LogP contribution in [0, 0.1) is 0 Å². The van der Waals surface area contributed by atoms with Gasteiger partial charge in [-0.1, -0.05) is 25.9 Å². The molecule has 4 heteroatoms. The first-order valence-electron chi connectivity index (χ1n) is 5.01. The highest BCUT2D eigenvalue weighted by Gasteiger charge is 2.40. The summed E-state index contributed by atoms with van der Waals surface area (Å²) in [5.41, 5.74) is 5.87. The normalized spacial score (nSPS) is 19.7. The van der Waals surface area contributed by atoms with Crippen LogP contribution >= 0.6 is 0 Å². The molecule has 0 radical (unpaired) electrons. The molecule has 4 nitrogen and oxygen atoms in total. The number of nitrogens with two attached hydrogens (primary N) is 1. The van der Waals surface area contributed by atoms with Crippen molar-refractivity contribution in [3.63, 3.8) is 0 Å². The summed E-state index contributed by atoms with van der Waals surface area (Å²) in [6.45, 7) is 6.20. The lowest BCUT2D eigenvalue weighted by molar-refractivity contribution is 0.353. The predicted molar refractivity (Wildman–Crippen MR) is 52.9 cm³/mol. The van der Waals surface area contributed by atoms with Crippen molar-refractivity contribution in [2.75, 3.05) is 0 Å². The molecule has 1 aromatic heterocycles. The summed E-state index contributed by atoms with van der Waals surface area (Å²) in [5.74, 6) is 1.44. The lowest BCUT2D eigenvalue weighted by atomic mass is 9.96. The van der Waals surface area contributed by atoms with Crippen LogP contribution in [0.2, 0.25) is 0 Å². The second-order valence-corrected chi connectivity index (χ2v) is 5.30. The zero-order valence-corrected chi connectivity index (χ0v) is 9.00. The maximum absolute atomic E-state index is 5.97. The van der Waals surface area contributed by atoms with Gasteiger partial charge in [-0.05, 0) is 12.8 Å². The molecule has 0 atom stereocenters. The molecule has 1 aromatic rings. The van der Waals surface area contributed by atoms with Gasteiger partial charge in [-0.15, -0.1) is 0 Å². The van der Waals surface area contributed by atoms with Gasteiger partial charge >= 0.3 is 0 Å². The standard InChI is InChI=1S/C10H17N3O/c1-9(2,3)8-12-7(14-13-8)6-10(11)4-5-10/h4-6,11H2,1-3H3. The third kappa shape index (κ3) is 1.95. The highest BCUT2D eigenvalue weighted by Crippen LogP contribution is 2.35. The molecular formula is C10H17N3O. The first-order chi connectivity index (χ1) is 6.39. The Morgan fingerprint density at radius 3 is 2.50 bits per heavy atom. The van der Waals surface area contributed by atoms with Crippen molar-refractivity contribution < 1.29 is 4.52 Å². The Balaban J connectivity index is 2.10. The molecule has 78 valence electrons. The minimum absolute atomic E-state index is 0.0485. The predicted octanol–water partition coefficient (Wildman–Crippen LogP) is 1.40. The number of rotatable bonds is 2. The van der Waals surface area contributed by atoms with Crippen LogP contribution in [0.5, 0.6) is 0 Å². The Labute approximate surface area is 83.9 Å². The van der Waals surface area contributed by atoms with Gasteiger partial charge < -0.3 is 10.3 Å². The van der Waals surface area contributed by atoms with Gasteiger partial charge in [0.1, 0.15) is 0 Å². The minimum Gasteiger partial charge on any atom is -0.339 e. The van der Waals surface area contributed by atoms with Crippen LogP contribution in [0.1, 0.15) is 45.3 Å². The molecule has 0 aliphatic heterocycles. The first kappa shape index (κ1) is 9.65. The van der Waals surface area contributed by atoms with E-state index in [1.54, 1.807) is 0 Å². The van der Waals surface area contributed by atoms with Crippen molar-refractivity contribution in [1.29, 1.82) is 0 Å². The average molecular weight is 195 g/mol. The zero-order chi connectivity index (χ0) is 10.4. The van der Waals surface area contributed by atoms with Crippen LogP contribution in [0.25, 0.3) is 0 Å². The van der Waals surface area contributed by atoms with E-state index in [9.17, 15) is 0 Å². The van der Waals surface area contributed by atoms with Gasteiger partial charge in [-0.25, -0.2) is 0 Å². The Morgan fingerprint density at radius 2 is 2.07 bits per heavy atom. The molecule has 1 aliphatic carbocycles. The SMILES string of the molecule is CC(C)(C)c1noc(CC2(N)CC2)n1. The van der Waals surface area contributed by atoms with Crippen LogP contribution in [0.3, 0.4) is 0 Å². The van der Waals surface area contributed by atoms with Crippen molar-refractivity contribution in [2.24, 2.45) is 5.73 Å². The quantitative estimate of drug-likeness (QED) is 0.774. The fourth-order valence-corrected chi connectivity index (χ4v) is 1.27. The van der Waals surface area contributed by atoms with E-state index in [1.165, 1.54) is 0 Å². The fourth-order valence-electron chi connectivity index (χ4n) is 1.27. The summed E-state index contributed by atoms with van der Waals surface area (Å²) in [6, 6.07) is 0. The van der Waals surface area contributed by atoms with Crippen molar-refractivity contribution in [1.82, 2.24) is 10.1 Å². The van der Waals surface area contributed by atoms with Crippen LogP contribution < -0.4 is 5.73 Å². The molecule has 1 heterocycles. The van der Waals surface area contributed by atoms with Gasteiger partial charge in [-0.3, -0.25) is 0 Å². The van der Waals surface area contributed by atoms with Gasteiger partial charge in [-0.2, -0.15) is 4.98 Å². The van der Waals surface area contributed by atoms with Gasteiger partial charge in [0.2, 0.25) is 5.89 Å². The molecule has 14 heavy (non-hydrogen) atoms. The van der Waals surface area contributed by atoms with E-state index in [1.807, 2.05) is 0 Å². The van der Waals surface area contributed by atoms with Gasteiger partial charge in [0.05, 0.1) is 0 Å². The molecule has 2 N–H and O–H groups in total. The molecule has 1 aliphatic rings. The highest BCUT2D eigenvalue weighted by molar-refractivity contribution is 5.07. The Kier molecular flexibility index (Phi) is 1.93. The zero-order valence-electron chi connectivity index (χ0n) is 9.00. The molecule has 1 fully saturated rings. The summed E-state index contributed by atoms with van der Waals surface area (Å²) in [6.07, 6.45) is 2.86.